The van der Waals surface area contributed by atoms with Gasteiger partial charge in [0.15, 0.2) is 0 Å². The summed E-state index contributed by atoms with van der Waals surface area (Å²) in [6.45, 7) is 8.62. The molecular formula is C19H27ClN2O4. The third kappa shape index (κ3) is 5.10. The Bertz CT molecular complexity index is 607. The molecule has 0 aliphatic carbocycles. The van der Waals surface area contributed by atoms with Crippen molar-refractivity contribution in [1.82, 2.24) is 9.80 Å². The normalized spacial score (nSPS) is 22.1. The molecule has 0 radical (unpaired) electrons. The van der Waals surface area contributed by atoms with E-state index >= 15 is 0 Å². The van der Waals surface area contributed by atoms with Crippen molar-refractivity contribution in [3.8, 4) is 5.75 Å². The molecule has 1 aromatic rings. The summed E-state index contributed by atoms with van der Waals surface area (Å²) in [5, 5.41) is 0.466. The molecule has 1 amide bonds. The van der Waals surface area contributed by atoms with Gasteiger partial charge in [-0.15, -0.1) is 0 Å². The molecular weight excluding hydrogens is 356 g/mol. The number of ether oxygens (including phenoxy) is 3. The Morgan fingerprint density at radius 2 is 2.08 bits per heavy atom. The fourth-order valence-electron chi connectivity index (χ4n) is 3.35. The van der Waals surface area contributed by atoms with Crippen molar-refractivity contribution in [2.45, 2.75) is 19.4 Å². The Kier molecular flexibility index (Phi) is 7.14. The molecule has 0 bridgehead atoms. The standard InChI is InChI=1S/C19H27ClN2O4/c1-2-25-18-5-4-15(12-17(18)20)19(23)22-6-3-9-26-16(14-22)13-21-7-10-24-11-8-21/h4-5,12,16H,2-3,6-11,13-14H2,1H3/t16-/m0/s1. The van der Waals surface area contributed by atoms with Crippen LogP contribution in [-0.4, -0.2) is 81.0 Å². The lowest BCUT2D eigenvalue weighted by Crippen LogP contribution is -2.45. The summed E-state index contributed by atoms with van der Waals surface area (Å²) in [6, 6.07) is 5.23. The van der Waals surface area contributed by atoms with Gasteiger partial charge in [0.05, 0.1) is 30.9 Å². The highest BCUT2D eigenvalue weighted by Gasteiger charge is 2.26. The second-order valence-electron chi connectivity index (χ2n) is 6.59. The second-order valence-corrected chi connectivity index (χ2v) is 7.00. The van der Waals surface area contributed by atoms with Gasteiger partial charge in [-0.05, 0) is 31.5 Å². The van der Waals surface area contributed by atoms with Gasteiger partial charge in [0.1, 0.15) is 5.75 Å². The van der Waals surface area contributed by atoms with Crippen molar-refractivity contribution >= 4 is 17.5 Å². The van der Waals surface area contributed by atoms with E-state index < -0.39 is 0 Å². The molecule has 6 nitrogen and oxygen atoms in total. The highest BCUT2D eigenvalue weighted by molar-refractivity contribution is 6.32. The number of nitrogens with zero attached hydrogens (tertiary/aromatic N) is 2. The van der Waals surface area contributed by atoms with Crippen molar-refractivity contribution in [3.05, 3.63) is 28.8 Å². The van der Waals surface area contributed by atoms with Crippen LogP contribution >= 0.6 is 11.6 Å². The fraction of sp³-hybridized carbons (Fsp3) is 0.632. The molecule has 2 fully saturated rings. The van der Waals surface area contributed by atoms with Gasteiger partial charge in [0.2, 0.25) is 0 Å². The number of morpholine rings is 1. The monoisotopic (exact) mass is 382 g/mol. The molecule has 0 unspecified atom stereocenters. The number of hydrogen-bond acceptors (Lipinski definition) is 5. The summed E-state index contributed by atoms with van der Waals surface area (Å²) in [6.07, 6.45) is 0.869. The zero-order valence-corrected chi connectivity index (χ0v) is 16.0. The largest absolute Gasteiger partial charge is 0.492 e. The van der Waals surface area contributed by atoms with E-state index in [4.69, 9.17) is 25.8 Å². The first-order valence-corrected chi connectivity index (χ1v) is 9.68. The van der Waals surface area contributed by atoms with Crippen LogP contribution in [0.4, 0.5) is 0 Å². The Labute approximate surface area is 159 Å². The molecule has 3 rings (SSSR count). The van der Waals surface area contributed by atoms with Gasteiger partial charge in [0.25, 0.3) is 5.91 Å². The zero-order chi connectivity index (χ0) is 18.4. The lowest BCUT2D eigenvalue weighted by molar-refractivity contribution is -0.0112. The Morgan fingerprint density at radius 1 is 1.27 bits per heavy atom. The second kappa shape index (κ2) is 9.55. The maximum absolute atomic E-state index is 12.9. The molecule has 0 aromatic heterocycles. The summed E-state index contributed by atoms with van der Waals surface area (Å²) in [5.41, 5.74) is 0.588. The van der Waals surface area contributed by atoms with E-state index in [1.165, 1.54) is 0 Å². The summed E-state index contributed by atoms with van der Waals surface area (Å²) < 4.78 is 16.8. The first kappa shape index (κ1) is 19.4. The molecule has 2 aliphatic rings. The van der Waals surface area contributed by atoms with Crippen molar-refractivity contribution < 1.29 is 19.0 Å². The minimum absolute atomic E-state index is 0.00701. The van der Waals surface area contributed by atoms with Crippen LogP contribution in [0.5, 0.6) is 5.75 Å². The topological polar surface area (TPSA) is 51.2 Å². The minimum atomic E-state index is -0.00701. The molecule has 7 heteroatoms. The van der Waals surface area contributed by atoms with Crippen molar-refractivity contribution in [1.29, 1.82) is 0 Å². The van der Waals surface area contributed by atoms with Gasteiger partial charge in [-0.25, -0.2) is 0 Å². The van der Waals surface area contributed by atoms with Gasteiger partial charge in [-0.2, -0.15) is 0 Å². The zero-order valence-electron chi connectivity index (χ0n) is 15.3. The maximum atomic E-state index is 12.9. The summed E-state index contributed by atoms with van der Waals surface area (Å²) in [7, 11) is 0. The highest BCUT2D eigenvalue weighted by atomic mass is 35.5. The predicted molar refractivity (Wildman–Crippen MR) is 100 cm³/mol. The van der Waals surface area contributed by atoms with Crippen molar-refractivity contribution in [3.63, 3.8) is 0 Å². The van der Waals surface area contributed by atoms with Crippen molar-refractivity contribution in [2.24, 2.45) is 0 Å². The number of carbonyl (C=O) groups excluding carboxylic acids is 1. The Balaban J connectivity index is 1.64. The summed E-state index contributed by atoms with van der Waals surface area (Å²) in [5.74, 6) is 0.600. The Morgan fingerprint density at radius 3 is 2.81 bits per heavy atom. The van der Waals surface area contributed by atoms with Crippen LogP contribution in [0.15, 0.2) is 18.2 Å². The quantitative estimate of drug-likeness (QED) is 0.782. The van der Waals surface area contributed by atoms with E-state index in [9.17, 15) is 4.79 Å². The molecule has 144 valence electrons. The number of amides is 1. The lowest BCUT2D eigenvalue weighted by Gasteiger charge is -2.31. The summed E-state index contributed by atoms with van der Waals surface area (Å²) >= 11 is 6.24. The number of carbonyl (C=O) groups is 1. The molecule has 1 aromatic carbocycles. The molecule has 2 saturated heterocycles. The summed E-state index contributed by atoms with van der Waals surface area (Å²) in [4.78, 5) is 17.2. The first-order valence-electron chi connectivity index (χ1n) is 9.30. The van der Waals surface area contributed by atoms with Crippen molar-refractivity contribution in [2.75, 3.05) is 59.2 Å². The average molecular weight is 383 g/mol. The van der Waals surface area contributed by atoms with Crippen LogP contribution in [-0.2, 0) is 9.47 Å². The Hall–Kier alpha value is -1.34. The molecule has 2 aliphatic heterocycles. The van der Waals surface area contributed by atoms with Crippen LogP contribution in [0.1, 0.15) is 23.7 Å². The molecule has 26 heavy (non-hydrogen) atoms. The minimum Gasteiger partial charge on any atom is -0.492 e. The fourth-order valence-corrected chi connectivity index (χ4v) is 3.59. The molecule has 0 saturated carbocycles. The molecule has 2 heterocycles. The molecule has 0 spiro atoms. The van der Waals surface area contributed by atoms with Crippen LogP contribution in [0.2, 0.25) is 5.02 Å². The first-order chi connectivity index (χ1) is 12.7. The number of benzene rings is 1. The predicted octanol–water partition coefficient (Wildman–Crippen LogP) is 2.30. The number of hydrogen-bond donors (Lipinski definition) is 0. The van der Waals surface area contributed by atoms with E-state index in [1.807, 2.05) is 11.8 Å². The molecule has 1 atom stereocenters. The van der Waals surface area contributed by atoms with Crippen LogP contribution < -0.4 is 4.74 Å². The van der Waals surface area contributed by atoms with Gasteiger partial charge >= 0.3 is 0 Å². The van der Waals surface area contributed by atoms with Gasteiger partial charge < -0.3 is 19.1 Å². The average Bonchev–Trinajstić information content (AvgIpc) is 2.89. The van der Waals surface area contributed by atoms with E-state index in [0.717, 1.165) is 39.3 Å². The van der Waals surface area contributed by atoms with Crippen LogP contribution in [0, 0.1) is 0 Å². The van der Waals surface area contributed by atoms with Crippen LogP contribution in [0.25, 0.3) is 0 Å². The number of rotatable bonds is 5. The van der Waals surface area contributed by atoms with E-state index in [0.29, 0.717) is 42.6 Å². The van der Waals surface area contributed by atoms with Gasteiger partial charge in [0, 0.05) is 44.9 Å². The number of halogens is 1. The van der Waals surface area contributed by atoms with E-state index in [1.54, 1.807) is 18.2 Å². The van der Waals surface area contributed by atoms with Gasteiger partial charge in [-0.3, -0.25) is 9.69 Å². The SMILES string of the molecule is CCOc1ccc(C(=O)N2CCCO[C@@H](CN3CCOCC3)C2)cc1Cl. The maximum Gasteiger partial charge on any atom is 0.253 e. The van der Waals surface area contributed by atoms with Crippen LogP contribution in [0.3, 0.4) is 0 Å². The molecule has 0 N–H and O–H groups in total. The highest BCUT2D eigenvalue weighted by Crippen LogP contribution is 2.26. The third-order valence-electron chi connectivity index (χ3n) is 4.68. The third-order valence-corrected chi connectivity index (χ3v) is 4.98. The van der Waals surface area contributed by atoms with Gasteiger partial charge in [-0.1, -0.05) is 11.6 Å². The smallest absolute Gasteiger partial charge is 0.253 e. The lowest BCUT2D eigenvalue weighted by atomic mass is 10.1. The van der Waals surface area contributed by atoms with E-state index in [2.05, 4.69) is 4.90 Å². The van der Waals surface area contributed by atoms with E-state index in [-0.39, 0.29) is 12.0 Å².